The number of aryl methyl sites for hydroxylation is 1. The molecule has 6 nitrogen and oxygen atoms in total. The number of benzene rings is 1. The van der Waals surface area contributed by atoms with Crippen LogP contribution in [-0.4, -0.2) is 36.5 Å². The van der Waals surface area contributed by atoms with Gasteiger partial charge in [0.25, 0.3) is 5.91 Å². The predicted octanol–water partition coefficient (Wildman–Crippen LogP) is 2.07. The van der Waals surface area contributed by atoms with E-state index in [-0.39, 0.29) is 24.2 Å². The minimum Gasteiger partial charge on any atom is -0.484 e. The number of likely N-dealkylation sites (tertiary alicyclic amines) is 1. The largest absolute Gasteiger partial charge is 0.484 e. The molecule has 6 heteroatoms. The molecule has 1 aliphatic rings. The summed E-state index contributed by atoms with van der Waals surface area (Å²) in [6.07, 6.45) is 3.72. The standard InChI is InChI=1S/C19H24N2O4/c1-2-13-9-19(23)25-17-10-15(6-7-16(13)17)24-12-18(22)21-8-4-3-5-14(20)11-21/h6-7,9-10,14H,2-5,8,11-12,20H2,1H3. The van der Waals surface area contributed by atoms with Gasteiger partial charge in [-0.15, -0.1) is 0 Å². The Morgan fingerprint density at radius 1 is 1.36 bits per heavy atom. The fraction of sp³-hybridized carbons (Fsp3) is 0.474. The van der Waals surface area contributed by atoms with Crippen LogP contribution in [0.1, 0.15) is 31.7 Å². The van der Waals surface area contributed by atoms with Crippen molar-refractivity contribution in [3.05, 3.63) is 40.2 Å². The quantitative estimate of drug-likeness (QED) is 0.858. The summed E-state index contributed by atoms with van der Waals surface area (Å²) in [6.45, 7) is 3.25. The molecule has 0 bridgehead atoms. The Bertz CT molecular complexity index is 815. The normalized spacial score (nSPS) is 18.2. The van der Waals surface area contributed by atoms with Gasteiger partial charge in [0.2, 0.25) is 0 Å². The van der Waals surface area contributed by atoms with Gasteiger partial charge in [-0.2, -0.15) is 0 Å². The van der Waals surface area contributed by atoms with Gasteiger partial charge in [-0.25, -0.2) is 4.79 Å². The van der Waals surface area contributed by atoms with Gasteiger partial charge < -0.3 is 19.8 Å². The maximum atomic E-state index is 12.4. The number of fused-ring (bicyclic) bond motifs is 1. The molecule has 0 saturated carbocycles. The molecule has 1 atom stereocenters. The zero-order valence-electron chi connectivity index (χ0n) is 14.5. The van der Waals surface area contributed by atoms with E-state index in [2.05, 4.69) is 0 Å². The summed E-state index contributed by atoms with van der Waals surface area (Å²) in [6, 6.07) is 6.86. The number of ether oxygens (including phenoxy) is 1. The summed E-state index contributed by atoms with van der Waals surface area (Å²) in [5, 5.41) is 0.888. The van der Waals surface area contributed by atoms with E-state index in [1.165, 1.54) is 6.07 Å². The molecule has 1 amide bonds. The second-order valence-corrected chi connectivity index (χ2v) is 6.49. The summed E-state index contributed by atoms with van der Waals surface area (Å²) >= 11 is 0. The van der Waals surface area contributed by atoms with E-state index >= 15 is 0 Å². The van der Waals surface area contributed by atoms with Crippen molar-refractivity contribution in [3.8, 4) is 5.75 Å². The predicted molar refractivity (Wildman–Crippen MR) is 95.8 cm³/mol. The number of carbonyl (C=O) groups is 1. The first-order valence-electron chi connectivity index (χ1n) is 8.79. The Morgan fingerprint density at radius 2 is 2.20 bits per heavy atom. The first-order valence-corrected chi connectivity index (χ1v) is 8.79. The first kappa shape index (κ1) is 17.5. The van der Waals surface area contributed by atoms with E-state index in [1.807, 2.05) is 13.0 Å². The summed E-state index contributed by atoms with van der Waals surface area (Å²) in [4.78, 5) is 25.8. The molecule has 1 saturated heterocycles. The zero-order chi connectivity index (χ0) is 17.8. The second kappa shape index (κ2) is 7.70. The second-order valence-electron chi connectivity index (χ2n) is 6.49. The fourth-order valence-corrected chi connectivity index (χ4v) is 3.23. The third kappa shape index (κ3) is 4.20. The molecular weight excluding hydrogens is 320 g/mol. The molecule has 0 aliphatic carbocycles. The van der Waals surface area contributed by atoms with Gasteiger partial charge in [0.15, 0.2) is 6.61 Å². The Labute approximate surface area is 146 Å². The Hall–Kier alpha value is -2.34. The van der Waals surface area contributed by atoms with Crippen LogP contribution in [0.2, 0.25) is 0 Å². The number of rotatable bonds is 4. The highest BCUT2D eigenvalue weighted by Gasteiger charge is 2.20. The number of carbonyl (C=O) groups excluding carboxylic acids is 1. The average molecular weight is 344 g/mol. The van der Waals surface area contributed by atoms with Gasteiger partial charge in [-0.3, -0.25) is 4.79 Å². The number of nitrogens with zero attached hydrogens (tertiary/aromatic N) is 1. The number of hydrogen-bond acceptors (Lipinski definition) is 5. The molecule has 0 spiro atoms. The third-order valence-corrected chi connectivity index (χ3v) is 4.61. The maximum Gasteiger partial charge on any atom is 0.336 e. The molecule has 0 radical (unpaired) electrons. The minimum atomic E-state index is -0.379. The van der Waals surface area contributed by atoms with Gasteiger partial charge in [0.1, 0.15) is 11.3 Å². The topological polar surface area (TPSA) is 85.8 Å². The van der Waals surface area contributed by atoms with Crippen molar-refractivity contribution in [2.75, 3.05) is 19.7 Å². The van der Waals surface area contributed by atoms with Crippen LogP contribution >= 0.6 is 0 Å². The fourth-order valence-electron chi connectivity index (χ4n) is 3.23. The first-order chi connectivity index (χ1) is 12.1. The minimum absolute atomic E-state index is 0.0360. The molecule has 1 fully saturated rings. The molecule has 2 aromatic rings. The van der Waals surface area contributed by atoms with Crippen LogP contribution in [0, 0.1) is 0 Å². The van der Waals surface area contributed by atoms with E-state index in [9.17, 15) is 9.59 Å². The van der Waals surface area contributed by atoms with E-state index < -0.39 is 0 Å². The number of nitrogens with two attached hydrogens (primary N) is 1. The highest BCUT2D eigenvalue weighted by Crippen LogP contribution is 2.23. The van der Waals surface area contributed by atoms with Crippen LogP contribution < -0.4 is 16.1 Å². The third-order valence-electron chi connectivity index (χ3n) is 4.61. The highest BCUT2D eigenvalue weighted by molar-refractivity contribution is 5.82. The van der Waals surface area contributed by atoms with E-state index in [0.29, 0.717) is 17.9 Å². The molecular formula is C19H24N2O4. The van der Waals surface area contributed by atoms with Crippen LogP contribution in [0.25, 0.3) is 11.0 Å². The van der Waals surface area contributed by atoms with Crippen molar-refractivity contribution in [2.45, 2.75) is 38.6 Å². The van der Waals surface area contributed by atoms with Gasteiger partial charge in [-0.1, -0.05) is 13.3 Å². The molecule has 1 unspecified atom stereocenters. The van der Waals surface area contributed by atoms with Crippen LogP contribution in [0.4, 0.5) is 0 Å². The lowest BCUT2D eigenvalue weighted by Gasteiger charge is -2.22. The Kier molecular flexibility index (Phi) is 5.38. The lowest BCUT2D eigenvalue weighted by atomic mass is 10.1. The molecule has 1 aromatic carbocycles. The Balaban J connectivity index is 1.70. The highest BCUT2D eigenvalue weighted by atomic mass is 16.5. The SMILES string of the molecule is CCc1cc(=O)oc2cc(OCC(=O)N3CCCCC(N)C3)ccc12. The van der Waals surface area contributed by atoms with Crippen molar-refractivity contribution in [2.24, 2.45) is 5.73 Å². The summed E-state index contributed by atoms with van der Waals surface area (Å²) in [7, 11) is 0. The molecule has 25 heavy (non-hydrogen) atoms. The molecule has 1 aliphatic heterocycles. The summed E-state index contributed by atoms with van der Waals surface area (Å²) in [5.41, 5.74) is 7.03. The van der Waals surface area contributed by atoms with Crippen LogP contribution in [0.15, 0.2) is 33.5 Å². The zero-order valence-corrected chi connectivity index (χ0v) is 14.5. The van der Waals surface area contributed by atoms with Crippen molar-refractivity contribution in [1.82, 2.24) is 4.90 Å². The van der Waals surface area contributed by atoms with Gasteiger partial charge in [0, 0.05) is 36.7 Å². The van der Waals surface area contributed by atoms with Crippen LogP contribution in [0.3, 0.4) is 0 Å². The van der Waals surface area contributed by atoms with Crippen LogP contribution in [0.5, 0.6) is 5.75 Å². The maximum absolute atomic E-state index is 12.4. The molecule has 134 valence electrons. The van der Waals surface area contributed by atoms with Gasteiger partial charge >= 0.3 is 5.63 Å². The van der Waals surface area contributed by atoms with Crippen molar-refractivity contribution in [3.63, 3.8) is 0 Å². The van der Waals surface area contributed by atoms with E-state index in [4.69, 9.17) is 14.9 Å². The lowest BCUT2D eigenvalue weighted by Crippen LogP contribution is -2.41. The summed E-state index contributed by atoms with van der Waals surface area (Å²) in [5.74, 6) is 0.442. The number of hydrogen-bond donors (Lipinski definition) is 1. The van der Waals surface area contributed by atoms with Crippen molar-refractivity contribution < 1.29 is 13.9 Å². The molecule has 2 N–H and O–H groups in total. The number of amides is 1. The van der Waals surface area contributed by atoms with Crippen molar-refractivity contribution in [1.29, 1.82) is 0 Å². The molecule has 2 heterocycles. The van der Waals surface area contributed by atoms with Crippen LogP contribution in [-0.2, 0) is 11.2 Å². The van der Waals surface area contributed by atoms with Crippen molar-refractivity contribution >= 4 is 16.9 Å². The average Bonchev–Trinajstić information content (AvgIpc) is 2.83. The summed E-state index contributed by atoms with van der Waals surface area (Å²) < 4.78 is 10.9. The molecule has 3 rings (SSSR count). The molecule has 1 aromatic heterocycles. The van der Waals surface area contributed by atoms with E-state index in [0.717, 1.165) is 43.2 Å². The smallest absolute Gasteiger partial charge is 0.336 e. The van der Waals surface area contributed by atoms with Gasteiger partial charge in [0.05, 0.1) is 0 Å². The Morgan fingerprint density at radius 3 is 3.00 bits per heavy atom. The van der Waals surface area contributed by atoms with Gasteiger partial charge in [-0.05, 0) is 37.0 Å². The lowest BCUT2D eigenvalue weighted by molar-refractivity contribution is -0.133. The van der Waals surface area contributed by atoms with E-state index in [1.54, 1.807) is 17.0 Å². The monoisotopic (exact) mass is 344 g/mol.